The number of thiazole rings is 1. The zero-order chi connectivity index (χ0) is 23.5. The van der Waals surface area contributed by atoms with E-state index in [9.17, 15) is 25.0 Å². The Kier molecular flexibility index (Phi) is 5.67. The topological polar surface area (TPSA) is 165 Å². The molecule has 2 aromatic heterocycles. The lowest BCUT2D eigenvalue weighted by atomic mass is 10.1. The van der Waals surface area contributed by atoms with Crippen LogP contribution in [0.15, 0.2) is 69.3 Å². The number of amides is 1. The molecule has 11 heteroatoms. The molecule has 1 amide bonds. The van der Waals surface area contributed by atoms with Crippen LogP contribution in [0.3, 0.4) is 0 Å². The van der Waals surface area contributed by atoms with Crippen molar-refractivity contribution in [3.8, 4) is 17.3 Å². The molecular formula is C22H13N5O5S. The predicted molar refractivity (Wildman–Crippen MR) is 122 cm³/mol. The van der Waals surface area contributed by atoms with Gasteiger partial charge in [-0.3, -0.25) is 14.9 Å². The van der Waals surface area contributed by atoms with Crippen LogP contribution in [-0.4, -0.2) is 15.8 Å². The number of nitriles is 1. The van der Waals surface area contributed by atoms with E-state index in [-0.39, 0.29) is 28.1 Å². The molecule has 4 aromatic rings. The number of carbonyl (C=O) groups is 1. The zero-order valence-electron chi connectivity index (χ0n) is 16.6. The Morgan fingerprint density at radius 1 is 1.24 bits per heavy atom. The Morgan fingerprint density at radius 3 is 2.67 bits per heavy atom. The number of allylic oxidation sites excluding steroid dienone is 1. The van der Waals surface area contributed by atoms with E-state index in [1.807, 2.05) is 6.07 Å². The van der Waals surface area contributed by atoms with Crippen LogP contribution in [0.1, 0.15) is 15.4 Å². The zero-order valence-corrected chi connectivity index (χ0v) is 17.5. The molecule has 0 saturated heterocycles. The van der Waals surface area contributed by atoms with Gasteiger partial charge in [0, 0.05) is 40.3 Å². The first-order valence-electron chi connectivity index (χ1n) is 9.31. The number of anilines is 1. The quantitative estimate of drug-likeness (QED) is 0.190. The number of nitro benzene ring substituents is 1. The maximum atomic E-state index is 12.4. The highest BCUT2D eigenvalue weighted by Gasteiger charge is 2.15. The number of hydrogen-bond acceptors (Lipinski definition) is 9. The fourth-order valence-corrected chi connectivity index (χ4v) is 3.74. The number of hydrogen-bond donors (Lipinski definition) is 2. The van der Waals surface area contributed by atoms with Crippen molar-refractivity contribution in [1.82, 2.24) is 4.98 Å². The second-order valence-electron chi connectivity index (χ2n) is 6.72. The van der Waals surface area contributed by atoms with Gasteiger partial charge in [-0.15, -0.1) is 11.3 Å². The van der Waals surface area contributed by atoms with Crippen molar-refractivity contribution in [3.63, 3.8) is 0 Å². The molecule has 0 saturated carbocycles. The van der Waals surface area contributed by atoms with Crippen molar-refractivity contribution >= 4 is 45.2 Å². The van der Waals surface area contributed by atoms with Gasteiger partial charge in [0.1, 0.15) is 22.2 Å². The van der Waals surface area contributed by atoms with E-state index in [0.717, 1.165) is 11.3 Å². The molecule has 0 aliphatic heterocycles. The van der Waals surface area contributed by atoms with Crippen molar-refractivity contribution in [2.45, 2.75) is 0 Å². The molecule has 2 aromatic carbocycles. The molecule has 33 heavy (non-hydrogen) atoms. The number of nitrogens with two attached hydrogens (primary N) is 1. The number of nitrogens with zero attached hydrogens (tertiary/aromatic N) is 3. The Bertz CT molecular complexity index is 1530. The largest absolute Gasteiger partial charge is 0.422 e. The van der Waals surface area contributed by atoms with Crippen molar-refractivity contribution in [1.29, 1.82) is 5.26 Å². The molecule has 0 bridgehead atoms. The normalized spacial score (nSPS) is 11.2. The minimum Gasteiger partial charge on any atom is -0.422 e. The van der Waals surface area contributed by atoms with Gasteiger partial charge < -0.3 is 15.5 Å². The summed E-state index contributed by atoms with van der Waals surface area (Å²) in [7, 11) is 0. The van der Waals surface area contributed by atoms with Gasteiger partial charge in [0.05, 0.1) is 16.2 Å². The molecule has 0 unspecified atom stereocenters. The van der Waals surface area contributed by atoms with Crippen LogP contribution in [0.2, 0.25) is 0 Å². The number of non-ortho nitro benzene ring substituents is 1. The van der Waals surface area contributed by atoms with Crippen molar-refractivity contribution in [3.05, 3.63) is 91.2 Å². The highest BCUT2D eigenvalue weighted by Crippen LogP contribution is 2.28. The van der Waals surface area contributed by atoms with E-state index >= 15 is 0 Å². The predicted octanol–water partition coefficient (Wildman–Crippen LogP) is 3.90. The molecule has 162 valence electrons. The molecule has 0 radical (unpaired) electrons. The van der Waals surface area contributed by atoms with E-state index in [2.05, 4.69) is 10.3 Å². The van der Waals surface area contributed by atoms with E-state index in [0.29, 0.717) is 21.6 Å². The summed E-state index contributed by atoms with van der Waals surface area (Å²) in [5, 5.41) is 25.8. The van der Waals surface area contributed by atoms with Crippen molar-refractivity contribution < 1.29 is 14.1 Å². The SMILES string of the molecule is N#C/C(=C/Nc1ccc(C(N)=O)cc1)c1nc(-c2cc3cc([N+](=O)[O-])ccc3oc2=O)cs1. The third-order valence-corrected chi connectivity index (χ3v) is 5.49. The summed E-state index contributed by atoms with van der Waals surface area (Å²) >= 11 is 1.15. The first-order valence-corrected chi connectivity index (χ1v) is 10.2. The van der Waals surface area contributed by atoms with E-state index in [1.54, 1.807) is 29.6 Å². The minimum absolute atomic E-state index is 0.123. The summed E-state index contributed by atoms with van der Waals surface area (Å²) in [6.45, 7) is 0. The fraction of sp³-hybridized carbons (Fsp3) is 0. The van der Waals surface area contributed by atoms with Crippen LogP contribution in [-0.2, 0) is 0 Å². The summed E-state index contributed by atoms with van der Waals surface area (Å²) in [5.41, 5.74) is 6.25. The van der Waals surface area contributed by atoms with E-state index in [4.69, 9.17) is 10.2 Å². The Morgan fingerprint density at radius 2 is 2.00 bits per heavy atom. The van der Waals surface area contributed by atoms with Crippen molar-refractivity contribution in [2.24, 2.45) is 5.73 Å². The Balaban J connectivity index is 1.63. The minimum atomic E-state index is -0.650. The van der Waals surface area contributed by atoms with Gasteiger partial charge in [-0.2, -0.15) is 5.26 Å². The second-order valence-corrected chi connectivity index (χ2v) is 7.58. The number of aromatic nitrogens is 1. The van der Waals surface area contributed by atoms with Gasteiger partial charge in [0.2, 0.25) is 5.91 Å². The van der Waals surface area contributed by atoms with Gasteiger partial charge in [-0.25, -0.2) is 9.78 Å². The maximum absolute atomic E-state index is 12.4. The third-order valence-electron chi connectivity index (χ3n) is 4.61. The Labute approximate surface area is 189 Å². The lowest BCUT2D eigenvalue weighted by Crippen LogP contribution is -2.10. The van der Waals surface area contributed by atoms with Gasteiger partial charge >= 0.3 is 5.63 Å². The molecule has 0 spiro atoms. The molecule has 0 atom stereocenters. The number of rotatable bonds is 6. The van der Waals surface area contributed by atoms with Crippen LogP contribution in [0, 0.1) is 21.4 Å². The number of carbonyl (C=O) groups excluding carboxylic acids is 1. The monoisotopic (exact) mass is 459 g/mol. The van der Waals surface area contributed by atoms with Gasteiger partial charge in [0.25, 0.3) is 5.69 Å². The van der Waals surface area contributed by atoms with Gasteiger partial charge in [-0.1, -0.05) is 0 Å². The number of primary amides is 1. The second kappa shape index (κ2) is 8.74. The summed E-state index contributed by atoms with van der Waals surface area (Å²) in [6.07, 6.45) is 1.45. The van der Waals surface area contributed by atoms with Crippen LogP contribution in [0.4, 0.5) is 11.4 Å². The molecule has 3 N–H and O–H groups in total. The average molecular weight is 459 g/mol. The fourth-order valence-electron chi connectivity index (χ4n) is 2.95. The highest BCUT2D eigenvalue weighted by atomic mass is 32.1. The first kappa shape index (κ1) is 21.4. The lowest BCUT2D eigenvalue weighted by molar-refractivity contribution is -0.384. The third kappa shape index (κ3) is 4.46. The van der Waals surface area contributed by atoms with Crippen LogP contribution in [0.5, 0.6) is 0 Å². The smallest absolute Gasteiger partial charge is 0.345 e. The summed E-state index contributed by atoms with van der Waals surface area (Å²) in [6, 6.07) is 13.8. The molecule has 0 fully saturated rings. The highest BCUT2D eigenvalue weighted by molar-refractivity contribution is 7.11. The van der Waals surface area contributed by atoms with E-state index in [1.165, 1.54) is 30.5 Å². The van der Waals surface area contributed by atoms with Gasteiger partial charge in [-0.05, 0) is 36.4 Å². The van der Waals surface area contributed by atoms with Crippen LogP contribution in [0.25, 0.3) is 27.8 Å². The molecule has 0 aliphatic carbocycles. The Hall–Kier alpha value is -4.82. The number of fused-ring (bicyclic) bond motifs is 1. The molecule has 4 rings (SSSR count). The molecular weight excluding hydrogens is 446 g/mol. The number of benzene rings is 2. The lowest BCUT2D eigenvalue weighted by Gasteiger charge is -2.02. The molecule has 10 nitrogen and oxygen atoms in total. The van der Waals surface area contributed by atoms with E-state index < -0.39 is 16.5 Å². The number of nitrogens with one attached hydrogen (secondary N) is 1. The first-order chi connectivity index (χ1) is 15.9. The van der Waals surface area contributed by atoms with Crippen LogP contribution < -0.4 is 16.7 Å². The van der Waals surface area contributed by atoms with Gasteiger partial charge in [0.15, 0.2) is 0 Å². The standard InChI is InChI=1S/C22H13N5O5S/c23-9-14(10-25-15-3-1-12(2-4-15)20(24)28)21-26-18(11-33-21)17-8-13-7-16(27(30)31)5-6-19(13)32-22(17)29/h1-8,10-11,25H,(H2,24,28)/b14-10-. The van der Waals surface area contributed by atoms with Crippen molar-refractivity contribution in [2.75, 3.05) is 5.32 Å². The van der Waals surface area contributed by atoms with Crippen LogP contribution >= 0.6 is 11.3 Å². The number of nitro groups is 1. The maximum Gasteiger partial charge on any atom is 0.345 e. The summed E-state index contributed by atoms with van der Waals surface area (Å²) in [5.74, 6) is -0.544. The summed E-state index contributed by atoms with van der Waals surface area (Å²) < 4.78 is 5.27. The molecule has 0 aliphatic rings. The average Bonchev–Trinajstić information content (AvgIpc) is 3.28. The molecule has 2 heterocycles. The summed E-state index contributed by atoms with van der Waals surface area (Å²) in [4.78, 5) is 38.4.